The van der Waals surface area contributed by atoms with Gasteiger partial charge in [-0.15, -0.1) is 11.3 Å². The third-order valence-corrected chi connectivity index (χ3v) is 6.77. The Morgan fingerprint density at radius 3 is 2.97 bits per heavy atom. The van der Waals surface area contributed by atoms with Crippen molar-refractivity contribution >= 4 is 38.4 Å². The van der Waals surface area contributed by atoms with Gasteiger partial charge in [0.25, 0.3) is 5.91 Å². The SMILES string of the molecule is CC(C)NC(=O)c1sc2ncccc2c1C1CN(Cc2ccc3ccccc3n2)CCO1. The van der Waals surface area contributed by atoms with Crippen LogP contribution in [0.15, 0.2) is 54.7 Å². The van der Waals surface area contributed by atoms with Crippen LogP contribution in [-0.2, 0) is 11.3 Å². The molecule has 1 aromatic carbocycles. The number of ether oxygens (including phenoxy) is 1. The Morgan fingerprint density at radius 2 is 2.09 bits per heavy atom. The lowest BCUT2D eigenvalue weighted by molar-refractivity contribution is -0.0326. The molecule has 1 atom stereocenters. The summed E-state index contributed by atoms with van der Waals surface area (Å²) < 4.78 is 6.20. The van der Waals surface area contributed by atoms with Crippen LogP contribution in [0.1, 0.15) is 40.9 Å². The second kappa shape index (κ2) is 8.94. The highest BCUT2D eigenvalue weighted by atomic mass is 32.1. The quantitative estimate of drug-likeness (QED) is 0.487. The number of rotatable bonds is 5. The first-order valence-corrected chi connectivity index (χ1v) is 11.8. The molecule has 1 aliphatic rings. The minimum absolute atomic E-state index is 0.0603. The molecule has 1 saturated heterocycles. The zero-order chi connectivity index (χ0) is 22.1. The Morgan fingerprint density at radius 1 is 1.22 bits per heavy atom. The molecule has 1 fully saturated rings. The first-order chi connectivity index (χ1) is 15.6. The van der Waals surface area contributed by atoms with Crippen molar-refractivity contribution < 1.29 is 9.53 Å². The van der Waals surface area contributed by atoms with Gasteiger partial charge in [0, 0.05) is 48.2 Å². The lowest BCUT2D eigenvalue weighted by Gasteiger charge is -2.33. The van der Waals surface area contributed by atoms with Gasteiger partial charge in [0.2, 0.25) is 0 Å². The molecule has 0 saturated carbocycles. The predicted molar refractivity (Wildman–Crippen MR) is 128 cm³/mol. The van der Waals surface area contributed by atoms with E-state index in [1.54, 1.807) is 6.20 Å². The largest absolute Gasteiger partial charge is 0.371 e. The molecular weight excluding hydrogens is 420 g/mol. The highest BCUT2D eigenvalue weighted by Crippen LogP contribution is 2.37. The van der Waals surface area contributed by atoms with Gasteiger partial charge in [0.15, 0.2) is 0 Å². The van der Waals surface area contributed by atoms with E-state index < -0.39 is 0 Å². The van der Waals surface area contributed by atoms with Gasteiger partial charge in [-0.3, -0.25) is 14.7 Å². The Bertz CT molecular complexity index is 1270. The van der Waals surface area contributed by atoms with E-state index in [4.69, 9.17) is 9.72 Å². The number of benzene rings is 1. The van der Waals surface area contributed by atoms with Crippen LogP contribution in [-0.4, -0.2) is 46.5 Å². The topological polar surface area (TPSA) is 67.4 Å². The summed E-state index contributed by atoms with van der Waals surface area (Å²) in [5.41, 5.74) is 3.00. The summed E-state index contributed by atoms with van der Waals surface area (Å²) in [5, 5.41) is 5.18. The van der Waals surface area contributed by atoms with Crippen LogP contribution in [0, 0.1) is 0 Å². The van der Waals surface area contributed by atoms with Crippen LogP contribution in [0.5, 0.6) is 0 Å². The molecule has 0 spiro atoms. The Labute approximate surface area is 191 Å². The molecule has 0 radical (unpaired) electrons. The monoisotopic (exact) mass is 446 g/mol. The second-order valence-electron chi connectivity index (χ2n) is 8.42. The lowest BCUT2D eigenvalue weighted by atomic mass is 10.0. The van der Waals surface area contributed by atoms with E-state index in [0.717, 1.165) is 45.5 Å². The van der Waals surface area contributed by atoms with Crippen LogP contribution < -0.4 is 5.32 Å². The summed E-state index contributed by atoms with van der Waals surface area (Å²) in [6.45, 7) is 6.84. The summed E-state index contributed by atoms with van der Waals surface area (Å²) in [4.78, 5) is 26.2. The van der Waals surface area contributed by atoms with E-state index in [1.807, 2.05) is 44.2 Å². The summed E-state index contributed by atoms with van der Waals surface area (Å²) in [6, 6.07) is 16.4. The molecule has 1 aliphatic heterocycles. The number of morpholine rings is 1. The number of fused-ring (bicyclic) bond motifs is 2. The summed E-state index contributed by atoms with van der Waals surface area (Å²) in [6.07, 6.45) is 1.58. The molecule has 0 aliphatic carbocycles. The van der Waals surface area contributed by atoms with Gasteiger partial charge in [-0.25, -0.2) is 4.98 Å². The van der Waals surface area contributed by atoms with Gasteiger partial charge in [-0.2, -0.15) is 0 Å². The average molecular weight is 447 g/mol. The summed E-state index contributed by atoms with van der Waals surface area (Å²) >= 11 is 1.44. The molecule has 1 amide bonds. The van der Waals surface area contributed by atoms with Crippen LogP contribution in [0.25, 0.3) is 21.1 Å². The van der Waals surface area contributed by atoms with E-state index in [0.29, 0.717) is 18.0 Å². The minimum atomic E-state index is -0.185. The van der Waals surface area contributed by atoms with Crippen molar-refractivity contribution in [2.75, 3.05) is 19.7 Å². The number of nitrogens with zero attached hydrogens (tertiary/aromatic N) is 3. The van der Waals surface area contributed by atoms with Crippen molar-refractivity contribution in [1.29, 1.82) is 0 Å². The van der Waals surface area contributed by atoms with Gasteiger partial charge in [0.1, 0.15) is 9.71 Å². The molecule has 3 aromatic heterocycles. The number of para-hydroxylation sites is 1. The predicted octanol–water partition coefficient (Wildman–Crippen LogP) is 4.56. The number of hydrogen-bond acceptors (Lipinski definition) is 6. The van der Waals surface area contributed by atoms with Crippen molar-refractivity contribution in [2.24, 2.45) is 0 Å². The van der Waals surface area contributed by atoms with E-state index in [-0.39, 0.29) is 18.1 Å². The van der Waals surface area contributed by atoms with Crippen molar-refractivity contribution in [3.8, 4) is 0 Å². The lowest BCUT2D eigenvalue weighted by Crippen LogP contribution is -2.39. The molecule has 1 unspecified atom stereocenters. The summed E-state index contributed by atoms with van der Waals surface area (Å²) in [5.74, 6) is -0.0603. The number of carbonyl (C=O) groups excluding carboxylic acids is 1. The zero-order valence-corrected chi connectivity index (χ0v) is 19.1. The number of hydrogen-bond donors (Lipinski definition) is 1. The van der Waals surface area contributed by atoms with Crippen LogP contribution in [0.4, 0.5) is 0 Å². The van der Waals surface area contributed by atoms with E-state index in [1.165, 1.54) is 11.3 Å². The molecule has 1 N–H and O–H groups in total. The average Bonchev–Trinajstić information content (AvgIpc) is 3.19. The Hall–Kier alpha value is -2.87. The molecule has 4 aromatic rings. The van der Waals surface area contributed by atoms with Crippen LogP contribution in [0.2, 0.25) is 0 Å². The second-order valence-corrected chi connectivity index (χ2v) is 9.42. The third-order valence-electron chi connectivity index (χ3n) is 5.64. The third kappa shape index (κ3) is 4.24. The Kier molecular flexibility index (Phi) is 5.87. The number of nitrogens with one attached hydrogen (secondary N) is 1. The number of amides is 1. The highest BCUT2D eigenvalue weighted by molar-refractivity contribution is 7.20. The highest BCUT2D eigenvalue weighted by Gasteiger charge is 2.30. The molecule has 7 heteroatoms. The van der Waals surface area contributed by atoms with Gasteiger partial charge >= 0.3 is 0 Å². The minimum Gasteiger partial charge on any atom is -0.371 e. The van der Waals surface area contributed by atoms with Crippen molar-refractivity contribution in [1.82, 2.24) is 20.2 Å². The fraction of sp³-hybridized carbons (Fsp3) is 0.320. The molecule has 6 nitrogen and oxygen atoms in total. The maximum atomic E-state index is 13.0. The molecule has 5 rings (SSSR count). The fourth-order valence-corrected chi connectivity index (χ4v) is 5.31. The first kappa shape index (κ1) is 21.0. The van der Waals surface area contributed by atoms with Crippen molar-refractivity contribution in [3.63, 3.8) is 0 Å². The van der Waals surface area contributed by atoms with Crippen LogP contribution >= 0.6 is 11.3 Å². The number of aromatic nitrogens is 2. The maximum absolute atomic E-state index is 13.0. The number of pyridine rings is 2. The van der Waals surface area contributed by atoms with Crippen molar-refractivity contribution in [3.05, 3.63) is 70.9 Å². The molecular formula is C25H26N4O2S. The van der Waals surface area contributed by atoms with Crippen LogP contribution in [0.3, 0.4) is 0 Å². The summed E-state index contributed by atoms with van der Waals surface area (Å²) in [7, 11) is 0. The Balaban J connectivity index is 1.42. The van der Waals surface area contributed by atoms with Gasteiger partial charge in [-0.05, 0) is 32.0 Å². The fourth-order valence-electron chi connectivity index (χ4n) is 4.21. The molecule has 164 valence electrons. The van der Waals surface area contributed by atoms with E-state index >= 15 is 0 Å². The van der Waals surface area contributed by atoms with Gasteiger partial charge in [0.05, 0.1) is 23.9 Å². The molecule has 32 heavy (non-hydrogen) atoms. The van der Waals surface area contributed by atoms with Crippen molar-refractivity contribution in [2.45, 2.75) is 32.5 Å². The zero-order valence-electron chi connectivity index (χ0n) is 18.2. The number of carbonyl (C=O) groups is 1. The van der Waals surface area contributed by atoms with Gasteiger partial charge < -0.3 is 10.1 Å². The van der Waals surface area contributed by atoms with E-state index in [9.17, 15) is 4.79 Å². The molecule has 4 heterocycles. The normalized spacial score (nSPS) is 17.3. The smallest absolute Gasteiger partial charge is 0.262 e. The number of thiophene rings is 1. The molecule has 0 bridgehead atoms. The maximum Gasteiger partial charge on any atom is 0.262 e. The standard InChI is InChI=1S/C25H26N4O2S/c1-16(2)27-24(30)23-22(19-7-5-11-26-25(19)32-23)21-15-29(12-13-31-21)14-18-10-9-17-6-3-4-8-20(17)28-18/h3-11,16,21H,12-15H2,1-2H3,(H,27,30). The van der Waals surface area contributed by atoms with E-state index in [2.05, 4.69) is 33.4 Å². The van der Waals surface area contributed by atoms with Gasteiger partial charge in [-0.1, -0.05) is 30.3 Å². The first-order valence-electron chi connectivity index (χ1n) is 11.0.